The van der Waals surface area contributed by atoms with Crippen LogP contribution < -0.4 is 0 Å². The average molecular weight is 410 g/mol. The number of nitro groups is 1. The number of amides is 1. The van der Waals surface area contributed by atoms with Crippen LogP contribution in [0.2, 0.25) is 5.02 Å². The fourth-order valence-corrected chi connectivity index (χ4v) is 3.98. The van der Waals surface area contributed by atoms with Gasteiger partial charge < -0.3 is 9.47 Å². The summed E-state index contributed by atoms with van der Waals surface area (Å²) in [4.78, 5) is 25.1. The first-order valence-electron chi connectivity index (χ1n) is 8.69. The highest BCUT2D eigenvalue weighted by Crippen LogP contribution is 2.31. The highest BCUT2D eigenvalue weighted by atomic mass is 35.5. The lowest BCUT2D eigenvalue weighted by Gasteiger charge is -2.32. The Morgan fingerprint density at radius 2 is 2.07 bits per heavy atom. The zero-order valence-electron chi connectivity index (χ0n) is 15.0. The fraction of sp³-hybridized carbons (Fsp3) is 0.471. The Labute approximate surface area is 166 Å². The molecule has 10 heteroatoms. The van der Waals surface area contributed by atoms with Crippen LogP contribution in [0.15, 0.2) is 18.2 Å². The van der Waals surface area contributed by atoms with Crippen molar-refractivity contribution in [2.45, 2.75) is 38.6 Å². The van der Waals surface area contributed by atoms with E-state index in [4.69, 9.17) is 23.8 Å². The number of H-pyrrole nitrogens is 1. The Morgan fingerprint density at radius 1 is 1.41 bits per heavy atom. The second-order valence-corrected chi connectivity index (χ2v) is 7.66. The molecule has 2 aromatic rings. The van der Waals surface area contributed by atoms with Crippen molar-refractivity contribution in [1.82, 2.24) is 19.7 Å². The summed E-state index contributed by atoms with van der Waals surface area (Å²) in [6.45, 7) is 5.08. The number of rotatable bonds is 4. The highest BCUT2D eigenvalue weighted by molar-refractivity contribution is 7.71. The lowest BCUT2D eigenvalue weighted by Crippen LogP contribution is -2.38. The van der Waals surface area contributed by atoms with Gasteiger partial charge in [-0.1, -0.05) is 11.6 Å². The van der Waals surface area contributed by atoms with Crippen LogP contribution >= 0.6 is 23.8 Å². The summed E-state index contributed by atoms with van der Waals surface area (Å²) < 4.78 is 2.59. The van der Waals surface area contributed by atoms with E-state index in [-0.39, 0.29) is 29.1 Å². The zero-order chi connectivity index (χ0) is 19.7. The van der Waals surface area contributed by atoms with E-state index in [1.807, 2.05) is 18.4 Å². The Kier molecular flexibility index (Phi) is 5.61. The highest BCUT2D eigenvalue weighted by Gasteiger charge is 2.31. The minimum absolute atomic E-state index is 0.0239. The molecule has 8 nitrogen and oxygen atoms in total. The second-order valence-electron chi connectivity index (χ2n) is 6.84. The maximum atomic E-state index is 12.8. The molecule has 1 aromatic heterocycles. The van der Waals surface area contributed by atoms with Gasteiger partial charge in [0.05, 0.1) is 4.92 Å². The van der Waals surface area contributed by atoms with Crippen LogP contribution in [0.3, 0.4) is 0 Å². The first kappa shape index (κ1) is 19.5. The molecule has 0 radical (unpaired) electrons. The molecule has 0 unspecified atom stereocenters. The van der Waals surface area contributed by atoms with Crippen LogP contribution in [0, 0.1) is 14.9 Å². The molecule has 27 heavy (non-hydrogen) atoms. The summed E-state index contributed by atoms with van der Waals surface area (Å²) in [6, 6.07) is 4.23. The Bertz CT molecular complexity index is 931. The molecule has 1 N–H and O–H groups in total. The number of aromatic nitrogens is 3. The van der Waals surface area contributed by atoms with Crippen LogP contribution in [0.25, 0.3) is 0 Å². The van der Waals surface area contributed by atoms with Crippen LogP contribution in [0.1, 0.15) is 54.8 Å². The van der Waals surface area contributed by atoms with Gasteiger partial charge in [0.15, 0.2) is 4.77 Å². The molecule has 1 aliphatic heterocycles. The molecule has 1 amide bonds. The standard InChI is InChI=1S/C17H20ClN5O3S/c1-10(2)22-15(19-20-17(22)27)11-5-7-21(8-6-11)16(24)13-9-12(18)3-4-14(13)23(25)26/h3-4,9-11H,5-8H2,1-2H3,(H,20,27). The van der Waals surface area contributed by atoms with Crippen LogP contribution in [0.4, 0.5) is 5.69 Å². The summed E-state index contributed by atoms with van der Waals surface area (Å²) in [7, 11) is 0. The van der Waals surface area contributed by atoms with E-state index in [0.717, 1.165) is 5.82 Å². The topological polar surface area (TPSA) is 97.1 Å². The van der Waals surface area contributed by atoms with Gasteiger partial charge in [0.25, 0.3) is 11.6 Å². The van der Waals surface area contributed by atoms with E-state index in [1.165, 1.54) is 18.2 Å². The maximum absolute atomic E-state index is 12.8. The normalized spacial score (nSPS) is 15.3. The third-order valence-electron chi connectivity index (χ3n) is 4.78. The zero-order valence-corrected chi connectivity index (χ0v) is 16.6. The van der Waals surface area contributed by atoms with Gasteiger partial charge in [0.2, 0.25) is 0 Å². The van der Waals surface area contributed by atoms with Crippen molar-refractivity contribution in [2.24, 2.45) is 0 Å². The number of piperidine rings is 1. The average Bonchev–Trinajstić information content (AvgIpc) is 3.02. The molecule has 0 saturated carbocycles. The number of carbonyl (C=O) groups excluding carboxylic acids is 1. The number of carbonyl (C=O) groups is 1. The molecule has 1 aliphatic rings. The quantitative estimate of drug-likeness (QED) is 0.465. The minimum Gasteiger partial charge on any atom is -0.338 e. The van der Waals surface area contributed by atoms with Crippen molar-refractivity contribution in [3.63, 3.8) is 0 Å². The number of benzene rings is 1. The van der Waals surface area contributed by atoms with Crippen molar-refractivity contribution in [3.8, 4) is 0 Å². The monoisotopic (exact) mass is 409 g/mol. The number of nitro benzene ring substituents is 1. The molecule has 0 atom stereocenters. The molecule has 144 valence electrons. The maximum Gasteiger partial charge on any atom is 0.282 e. The Morgan fingerprint density at radius 3 is 2.67 bits per heavy atom. The van der Waals surface area contributed by atoms with E-state index in [9.17, 15) is 14.9 Å². The van der Waals surface area contributed by atoms with Crippen molar-refractivity contribution in [1.29, 1.82) is 0 Å². The van der Waals surface area contributed by atoms with Crippen molar-refractivity contribution < 1.29 is 9.72 Å². The minimum atomic E-state index is -0.559. The molecule has 1 fully saturated rings. The first-order valence-corrected chi connectivity index (χ1v) is 9.48. The molecule has 0 bridgehead atoms. The molecular weight excluding hydrogens is 390 g/mol. The van der Waals surface area contributed by atoms with E-state index in [2.05, 4.69) is 10.2 Å². The summed E-state index contributed by atoms with van der Waals surface area (Å²) in [6.07, 6.45) is 1.43. The fourth-order valence-electron chi connectivity index (χ4n) is 3.45. The van der Waals surface area contributed by atoms with Crippen LogP contribution in [-0.4, -0.2) is 43.6 Å². The number of halogens is 1. The SMILES string of the molecule is CC(C)n1c(C2CCN(C(=O)c3cc(Cl)ccc3[N+](=O)[O-])CC2)n[nH]c1=S. The van der Waals surface area contributed by atoms with Crippen molar-refractivity contribution in [3.05, 3.63) is 49.5 Å². The molecule has 1 aromatic carbocycles. The first-order chi connectivity index (χ1) is 12.8. The summed E-state index contributed by atoms with van der Waals surface area (Å²) in [5.41, 5.74) is -0.206. The van der Waals surface area contributed by atoms with Gasteiger partial charge in [-0.05, 0) is 51.0 Å². The van der Waals surface area contributed by atoms with Gasteiger partial charge in [-0.25, -0.2) is 0 Å². The molecule has 1 saturated heterocycles. The van der Waals surface area contributed by atoms with E-state index in [0.29, 0.717) is 35.7 Å². The Balaban J connectivity index is 1.77. The predicted octanol–water partition coefficient (Wildman–Crippen LogP) is 4.10. The molecule has 3 rings (SSSR count). The molecule has 2 heterocycles. The van der Waals surface area contributed by atoms with Gasteiger partial charge in [-0.15, -0.1) is 0 Å². The Hall–Kier alpha value is -2.26. The second kappa shape index (κ2) is 7.77. The van der Waals surface area contributed by atoms with Gasteiger partial charge in [0, 0.05) is 36.1 Å². The number of hydrogen-bond acceptors (Lipinski definition) is 5. The molecule has 0 spiro atoms. The number of hydrogen-bond donors (Lipinski definition) is 1. The van der Waals surface area contributed by atoms with Gasteiger partial charge in [0.1, 0.15) is 11.4 Å². The van der Waals surface area contributed by atoms with E-state index in [1.54, 1.807) is 4.90 Å². The van der Waals surface area contributed by atoms with Crippen molar-refractivity contribution in [2.75, 3.05) is 13.1 Å². The summed E-state index contributed by atoms with van der Waals surface area (Å²) >= 11 is 11.2. The van der Waals surface area contributed by atoms with E-state index < -0.39 is 4.92 Å². The van der Waals surface area contributed by atoms with Crippen molar-refractivity contribution >= 4 is 35.4 Å². The summed E-state index contributed by atoms with van der Waals surface area (Å²) in [5, 5.41) is 18.7. The molecular formula is C17H20ClN5O3S. The van der Waals surface area contributed by atoms with E-state index >= 15 is 0 Å². The summed E-state index contributed by atoms with van der Waals surface area (Å²) in [5.74, 6) is 0.708. The van der Waals surface area contributed by atoms with Gasteiger partial charge in [-0.3, -0.25) is 20.0 Å². The lowest BCUT2D eigenvalue weighted by molar-refractivity contribution is -0.385. The number of nitrogens with zero attached hydrogens (tertiary/aromatic N) is 4. The van der Waals surface area contributed by atoms with Crippen LogP contribution in [0.5, 0.6) is 0 Å². The number of nitrogens with one attached hydrogen (secondary N) is 1. The van der Waals surface area contributed by atoms with Gasteiger partial charge in [-0.2, -0.15) is 5.10 Å². The molecule has 0 aliphatic carbocycles. The van der Waals surface area contributed by atoms with Crippen LogP contribution in [-0.2, 0) is 0 Å². The smallest absolute Gasteiger partial charge is 0.282 e. The van der Waals surface area contributed by atoms with Gasteiger partial charge >= 0.3 is 0 Å². The lowest BCUT2D eigenvalue weighted by atomic mass is 9.95. The number of aromatic amines is 1. The third kappa shape index (κ3) is 3.89. The predicted molar refractivity (Wildman–Crippen MR) is 104 cm³/mol. The number of likely N-dealkylation sites (tertiary alicyclic amines) is 1. The largest absolute Gasteiger partial charge is 0.338 e. The third-order valence-corrected chi connectivity index (χ3v) is 5.30.